The summed E-state index contributed by atoms with van der Waals surface area (Å²) >= 11 is 0.890. The van der Waals surface area contributed by atoms with E-state index in [2.05, 4.69) is 0 Å². The van der Waals surface area contributed by atoms with Gasteiger partial charge in [0.05, 0.1) is 5.75 Å². The molecule has 0 bridgehead atoms. The Kier molecular flexibility index (Phi) is 2.46. The van der Waals surface area contributed by atoms with Crippen LogP contribution in [0.3, 0.4) is 0 Å². The summed E-state index contributed by atoms with van der Waals surface area (Å²) in [6, 6.07) is 0. The first kappa shape index (κ1) is 10.5. The number of thioether (sulfide) groups is 1. The molecule has 0 aromatic carbocycles. The maximum atomic E-state index is 11.5. The predicted molar refractivity (Wildman–Crippen MR) is 53.5 cm³/mol. The van der Waals surface area contributed by atoms with E-state index in [9.17, 15) is 19.5 Å². The van der Waals surface area contributed by atoms with Crippen molar-refractivity contribution < 1.29 is 19.5 Å². The van der Waals surface area contributed by atoms with Crippen molar-refractivity contribution in [3.05, 3.63) is 0 Å². The van der Waals surface area contributed by atoms with E-state index in [-0.39, 0.29) is 11.7 Å². The van der Waals surface area contributed by atoms with E-state index in [0.29, 0.717) is 12.8 Å². The highest BCUT2D eigenvalue weighted by Gasteiger charge is 2.53. The van der Waals surface area contributed by atoms with Gasteiger partial charge in [0.1, 0.15) is 5.54 Å². The summed E-state index contributed by atoms with van der Waals surface area (Å²) in [7, 11) is 0. The fourth-order valence-corrected chi connectivity index (χ4v) is 3.04. The van der Waals surface area contributed by atoms with Gasteiger partial charge in [0, 0.05) is 0 Å². The van der Waals surface area contributed by atoms with Crippen molar-refractivity contribution in [3.8, 4) is 0 Å². The Morgan fingerprint density at radius 1 is 1.33 bits per heavy atom. The topological polar surface area (TPSA) is 74.7 Å². The van der Waals surface area contributed by atoms with Gasteiger partial charge in [-0.05, 0) is 12.8 Å². The van der Waals surface area contributed by atoms with Gasteiger partial charge in [0.15, 0.2) is 0 Å². The van der Waals surface area contributed by atoms with Crippen molar-refractivity contribution in [1.29, 1.82) is 0 Å². The van der Waals surface area contributed by atoms with Crippen molar-refractivity contribution >= 4 is 28.9 Å². The molecule has 1 saturated heterocycles. The molecule has 1 saturated carbocycles. The zero-order valence-electron chi connectivity index (χ0n) is 8.06. The van der Waals surface area contributed by atoms with Crippen molar-refractivity contribution in [2.75, 3.05) is 5.75 Å². The Bertz CT molecular complexity index is 319. The summed E-state index contributed by atoms with van der Waals surface area (Å²) in [6.07, 6.45) is 2.29. The number of hydrogen-bond donors (Lipinski definition) is 1. The molecule has 2 rings (SSSR count). The van der Waals surface area contributed by atoms with Crippen LogP contribution in [-0.2, 0) is 9.59 Å². The van der Waals surface area contributed by atoms with Crippen LogP contribution in [0, 0.1) is 0 Å². The first-order valence-corrected chi connectivity index (χ1v) is 5.80. The van der Waals surface area contributed by atoms with Crippen LogP contribution in [0.4, 0.5) is 4.79 Å². The number of carbonyl (C=O) groups is 3. The Morgan fingerprint density at radius 3 is 2.33 bits per heavy atom. The number of aliphatic carboxylic acids is 1. The number of rotatable bonds is 2. The van der Waals surface area contributed by atoms with Crippen molar-refractivity contribution in [3.63, 3.8) is 0 Å². The van der Waals surface area contributed by atoms with E-state index < -0.39 is 16.7 Å². The maximum absolute atomic E-state index is 11.5. The normalized spacial score (nSPS) is 24.9. The average molecular weight is 229 g/mol. The zero-order chi connectivity index (χ0) is 11.1. The van der Waals surface area contributed by atoms with Gasteiger partial charge in [-0.15, -0.1) is 0 Å². The quantitative estimate of drug-likeness (QED) is 0.766. The lowest BCUT2D eigenvalue weighted by molar-refractivity contribution is -0.153. The maximum Gasteiger partial charge on any atom is 0.330 e. The lowest BCUT2D eigenvalue weighted by Gasteiger charge is -2.32. The molecule has 2 amide bonds. The van der Waals surface area contributed by atoms with Crippen LogP contribution in [0.25, 0.3) is 0 Å². The number of carboxylic acid groups (broad SMARTS) is 1. The van der Waals surface area contributed by atoms with Crippen LogP contribution in [0.1, 0.15) is 25.7 Å². The monoisotopic (exact) mass is 229 g/mol. The molecule has 82 valence electrons. The van der Waals surface area contributed by atoms with Crippen molar-refractivity contribution in [2.24, 2.45) is 0 Å². The second kappa shape index (κ2) is 3.52. The van der Waals surface area contributed by atoms with Gasteiger partial charge in [0.2, 0.25) is 5.91 Å². The first-order valence-electron chi connectivity index (χ1n) is 4.81. The third kappa shape index (κ3) is 1.43. The van der Waals surface area contributed by atoms with Gasteiger partial charge in [-0.2, -0.15) is 0 Å². The molecule has 0 radical (unpaired) electrons. The van der Waals surface area contributed by atoms with Crippen LogP contribution < -0.4 is 0 Å². The molecule has 1 heterocycles. The van der Waals surface area contributed by atoms with Crippen LogP contribution in [0.5, 0.6) is 0 Å². The van der Waals surface area contributed by atoms with Gasteiger partial charge >= 0.3 is 5.97 Å². The number of hydrogen-bond acceptors (Lipinski definition) is 4. The minimum absolute atomic E-state index is 0.0772. The summed E-state index contributed by atoms with van der Waals surface area (Å²) in [5.74, 6) is -1.34. The second-order valence-corrected chi connectivity index (χ2v) is 4.75. The lowest BCUT2D eigenvalue weighted by Crippen LogP contribution is -2.54. The fourth-order valence-electron chi connectivity index (χ4n) is 2.26. The zero-order valence-corrected chi connectivity index (χ0v) is 8.88. The smallest absolute Gasteiger partial charge is 0.330 e. The van der Waals surface area contributed by atoms with E-state index >= 15 is 0 Å². The van der Waals surface area contributed by atoms with Gasteiger partial charge in [0.25, 0.3) is 5.24 Å². The molecule has 1 aliphatic heterocycles. The van der Waals surface area contributed by atoms with Crippen molar-refractivity contribution in [2.45, 2.75) is 31.2 Å². The van der Waals surface area contributed by atoms with E-state index in [1.54, 1.807) is 0 Å². The Labute approximate surface area is 90.8 Å². The SMILES string of the molecule is O=C1CSC(=O)N1C1(C(=O)O)CCCC1. The Morgan fingerprint density at radius 2 is 1.93 bits per heavy atom. The summed E-state index contributed by atoms with van der Waals surface area (Å²) in [6.45, 7) is 0. The number of carbonyl (C=O) groups excluding carboxylic acids is 2. The molecule has 0 unspecified atom stereocenters. The Hall–Kier alpha value is -1.04. The number of imide groups is 1. The van der Waals surface area contributed by atoms with E-state index in [4.69, 9.17) is 0 Å². The summed E-state index contributed by atoms with van der Waals surface area (Å²) in [5, 5.41) is 8.79. The molecule has 0 spiro atoms. The first-order chi connectivity index (χ1) is 7.08. The van der Waals surface area contributed by atoms with E-state index in [1.807, 2.05) is 0 Å². The number of amides is 2. The van der Waals surface area contributed by atoms with Gasteiger partial charge in [-0.1, -0.05) is 24.6 Å². The highest BCUT2D eigenvalue weighted by Crippen LogP contribution is 2.39. The minimum atomic E-state index is -1.25. The molecule has 1 aliphatic carbocycles. The third-order valence-corrected chi connectivity index (χ3v) is 3.83. The minimum Gasteiger partial charge on any atom is -0.479 e. The van der Waals surface area contributed by atoms with Gasteiger partial charge in [-0.3, -0.25) is 14.5 Å². The van der Waals surface area contributed by atoms with Gasteiger partial charge in [-0.25, -0.2) is 4.79 Å². The van der Waals surface area contributed by atoms with Crippen LogP contribution in [-0.4, -0.2) is 38.4 Å². The molecular weight excluding hydrogens is 218 g/mol. The molecular formula is C9H11NO4S. The second-order valence-electron chi connectivity index (χ2n) is 3.83. The third-order valence-electron chi connectivity index (χ3n) is 3.01. The highest BCUT2D eigenvalue weighted by atomic mass is 32.2. The standard InChI is InChI=1S/C9H11NO4S/c11-6-5-15-8(14)10(6)9(7(12)13)3-1-2-4-9/h1-5H2,(H,12,13). The molecule has 6 heteroatoms. The largest absolute Gasteiger partial charge is 0.479 e. The molecule has 2 aliphatic rings. The number of carboxylic acids is 1. The Balaban J connectivity index is 2.36. The highest BCUT2D eigenvalue weighted by molar-refractivity contribution is 8.14. The molecule has 0 aromatic heterocycles. The van der Waals surface area contributed by atoms with Crippen LogP contribution >= 0.6 is 11.8 Å². The fraction of sp³-hybridized carbons (Fsp3) is 0.667. The number of nitrogens with zero attached hydrogens (tertiary/aromatic N) is 1. The molecule has 15 heavy (non-hydrogen) atoms. The summed E-state index contributed by atoms with van der Waals surface area (Å²) in [4.78, 5) is 35.2. The average Bonchev–Trinajstić information content (AvgIpc) is 2.74. The molecule has 0 atom stereocenters. The predicted octanol–water partition coefficient (Wildman–Crippen LogP) is 1.08. The van der Waals surface area contributed by atoms with Crippen LogP contribution in [0.2, 0.25) is 0 Å². The lowest BCUT2D eigenvalue weighted by atomic mass is 9.96. The van der Waals surface area contributed by atoms with Crippen LogP contribution in [0.15, 0.2) is 0 Å². The van der Waals surface area contributed by atoms with E-state index in [0.717, 1.165) is 29.5 Å². The molecule has 2 fully saturated rings. The van der Waals surface area contributed by atoms with Gasteiger partial charge < -0.3 is 5.11 Å². The summed E-state index contributed by atoms with van der Waals surface area (Å²) < 4.78 is 0. The molecule has 5 nitrogen and oxygen atoms in total. The summed E-state index contributed by atoms with van der Waals surface area (Å²) in [5.41, 5.74) is -1.25. The molecule has 0 aromatic rings. The molecule has 1 N–H and O–H groups in total. The van der Waals surface area contributed by atoms with Crippen molar-refractivity contribution in [1.82, 2.24) is 4.90 Å². The van der Waals surface area contributed by atoms with E-state index in [1.165, 1.54) is 0 Å².